The van der Waals surface area contributed by atoms with Crippen molar-refractivity contribution in [2.45, 2.75) is 44.7 Å². The van der Waals surface area contributed by atoms with Crippen LogP contribution < -0.4 is 15.2 Å². The number of hydrogen-bond acceptors (Lipinski definition) is 5. The molecule has 1 aromatic heterocycles. The Morgan fingerprint density at radius 3 is 2.55 bits per heavy atom. The van der Waals surface area contributed by atoms with Crippen molar-refractivity contribution in [3.63, 3.8) is 0 Å². The van der Waals surface area contributed by atoms with Crippen molar-refractivity contribution >= 4 is 0 Å². The molecule has 0 radical (unpaired) electrons. The third kappa shape index (κ3) is 4.41. The van der Waals surface area contributed by atoms with E-state index in [1.807, 2.05) is 17.7 Å². The predicted octanol–water partition coefficient (Wildman–Crippen LogP) is 5.22. The van der Waals surface area contributed by atoms with Crippen molar-refractivity contribution in [3.05, 3.63) is 53.6 Å². The summed E-state index contributed by atoms with van der Waals surface area (Å²) in [5, 5.41) is 13.9. The van der Waals surface area contributed by atoms with Crippen LogP contribution in [0.5, 0.6) is 11.6 Å². The van der Waals surface area contributed by atoms with Crippen LogP contribution in [0.3, 0.4) is 0 Å². The molecule has 2 unspecified atom stereocenters. The van der Waals surface area contributed by atoms with E-state index in [-0.39, 0.29) is 23.4 Å². The summed E-state index contributed by atoms with van der Waals surface area (Å²) in [7, 11) is 1.40. The molecular weight excluding hydrogens is 426 g/mol. The fourth-order valence-corrected chi connectivity index (χ4v) is 4.40. The zero-order chi connectivity index (χ0) is 23.5. The molecule has 1 heterocycles. The molecule has 33 heavy (non-hydrogen) atoms. The van der Waals surface area contributed by atoms with Gasteiger partial charge in [-0.3, -0.25) is 0 Å². The summed E-state index contributed by atoms with van der Waals surface area (Å²) >= 11 is 0. The number of nitriles is 1. The van der Waals surface area contributed by atoms with Crippen LogP contribution in [0.1, 0.15) is 44.2 Å². The third-order valence-corrected chi connectivity index (χ3v) is 5.98. The van der Waals surface area contributed by atoms with E-state index in [0.29, 0.717) is 34.9 Å². The zero-order valence-corrected chi connectivity index (χ0v) is 18.6. The molecule has 172 valence electrons. The van der Waals surface area contributed by atoms with Crippen molar-refractivity contribution in [1.29, 1.82) is 5.26 Å². The quantitative estimate of drug-likeness (QED) is 0.554. The fourth-order valence-electron chi connectivity index (χ4n) is 4.40. The second-order valence-corrected chi connectivity index (χ2v) is 8.14. The van der Waals surface area contributed by atoms with E-state index in [0.717, 1.165) is 25.7 Å². The second kappa shape index (κ2) is 9.59. The highest BCUT2D eigenvalue weighted by Crippen LogP contribution is 2.44. The summed E-state index contributed by atoms with van der Waals surface area (Å²) in [5.41, 5.74) is 8.18. The highest BCUT2D eigenvalue weighted by atomic mass is 19.1. The maximum absolute atomic E-state index is 14.7. The molecule has 8 heteroatoms. The average Bonchev–Trinajstić information content (AvgIpc) is 3.18. The number of ether oxygens (including phenoxy) is 2. The Morgan fingerprint density at radius 2 is 1.91 bits per heavy atom. The van der Waals surface area contributed by atoms with Gasteiger partial charge in [0.15, 0.2) is 11.6 Å². The Kier molecular flexibility index (Phi) is 6.61. The van der Waals surface area contributed by atoms with Crippen molar-refractivity contribution < 1.29 is 18.3 Å². The van der Waals surface area contributed by atoms with Crippen LogP contribution in [0.2, 0.25) is 0 Å². The van der Waals surface area contributed by atoms with Gasteiger partial charge in [-0.05, 0) is 62.4 Å². The molecule has 1 aliphatic carbocycles. The topological polar surface area (TPSA) is 86.1 Å². The smallest absolute Gasteiger partial charge is 0.220 e. The number of benzene rings is 2. The average molecular weight is 453 g/mol. The van der Waals surface area contributed by atoms with Crippen molar-refractivity contribution in [3.8, 4) is 40.1 Å². The van der Waals surface area contributed by atoms with Crippen LogP contribution in [0.4, 0.5) is 8.78 Å². The van der Waals surface area contributed by atoms with Crippen molar-refractivity contribution in [2.75, 3.05) is 13.7 Å². The summed E-state index contributed by atoms with van der Waals surface area (Å²) in [6.07, 6.45) is 3.53. The highest BCUT2D eigenvalue weighted by molar-refractivity contribution is 5.85. The van der Waals surface area contributed by atoms with E-state index >= 15 is 0 Å². The number of rotatable bonds is 6. The number of hydrogen-bond donors (Lipinski definition) is 1. The molecule has 1 saturated carbocycles. The molecule has 2 atom stereocenters. The molecule has 0 spiro atoms. The largest absolute Gasteiger partial charge is 0.494 e. The number of halogens is 2. The second-order valence-electron chi connectivity index (χ2n) is 8.14. The first-order valence-electron chi connectivity index (χ1n) is 11.0. The Balaban J connectivity index is 1.95. The Bertz CT molecular complexity index is 1200. The van der Waals surface area contributed by atoms with Crippen LogP contribution in [0.15, 0.2) is 36.4 Å². The first-order chi connectivity index (χ1) is 16.0. The van der Waals surface area contributed by atoms with Crippen molar-refractivity contribution in [1.82, 2.24) is 9.78 Å². The highest BCUT2D eigenvalue weighted by Gasteiger charge is 2.30. The van der Waals surface area contributed by atoms with E-state index in [2.05, 4.69) is 0 Å². The first-order valence-corrected chi connectivity index (χ1v) is 11.0. The van der Waals surface area contributed by atoms with E-state index < -0.39 is 11.6 Å². The number of nitrogens with two attached hydrogens (primary N) is 1. The number of aromatic nitrogens is 2. The van der Waals surface area contributed by atoms with Crippen LogP contribution in [0.25, 0.3) is 22.4 Å². The standard InChI is InChI=1S/C25H26F2N4O2/c1-3-33-25-23(15-9-10-22(32-2)21(27)11-15)24(16-7-8-17(14-28)20(26)12-16)30-31(25)19-6-4-5-18(29)13-19/h7-12,18-19H,3-6,13,29H2,1-2H3. The van der Waals surface area contributed by atoms with Gasteiger partial charge in [-0.1, -0.05) is 12.1 Å². The molecule has 0 amide bonds. The fraction of sp³-hybridized carbons (Fsp3) is 0.360. The molecule has 2 N–H and O–H groups in total. The minimum Gasteiger partial charge on any atom is -0.494 e. The molecule has 3 aromatic rings. The summed E-state index contributed by atoms with van der Waals surface area (Å²) in [6.45, 7) is 2.24. The normalized spacial score (nSPS) is 18.1. The maximum atomic E-state index is 14.7. The lowest BCUT2D eigenvalue weighted by atomic mass is 9.91. The molecule has 1 aliphatic rings. The van der Waals surface area contributed by atoms with Crippen LogP contribution >= 0.6 is 0 Å². The van der Waals surface area contributed by atoms with Gasteiger partial charge in [0.25, 0.3) is 0 Å². The molecule has 0 saturated heterocycles. The number of nitrogens with zero attached hydrogens (tertiary/aromatic N) is 3. The Labute approximate surface area is 191 Å². The van der Waals surface area contributed by atoms with E-state index in [1.165, 1.54) is 31.4 Å². The molecule has 0 bridgehead atoms. The van der Waals surface area contributed by atoms with Crippen LogP contribution in [-0.4, -0.2) is 29.5 Å². The van der Waals surface area contributed by atoms with Gasteiger partial charge in [-0.15, -0.1) is 0 Å². The zero-order valence-electron chi connectivity index (χ0n) is 18.6. The van der Waals surface area contributed by atoms with Gasteiger partial charge in [0.05, 0.1) is 30.9 Å². The molecular formula is C25H26F2N4O2. The molecule has 4 rings (SSSR count). The minimum absolute atomic E-state index is 0.00845. The van der Waals surface area contributed by atoms with Crippen LogP contribution in [-0.2, 0) is 0 Å². The summed E-state index contributed by atoms with van der Waals surface area (Å²) in [4.78, 5) is 0. The van der Waals surface area contributed by atoms with Gasteiger partial charge in [0, 0.05) is 11.6 Å². The lowest BCUT2D eigenvalue weighted by Crippen LogP contribution is -2.30. The third-order valence-electron chi connectivity index (χ3n) is 5.98. The Morgan fingerprint density at radius 1 is 1.15 bits per heavy atom. The van der Waals surface area contributed by atoms with Gasteiger partial charge < -0.3 is 15.2 Å². The number of methoxy groups -OCH3 is 1. The van der Waals surface area contributed by atoms with Gasteiger partial charge >= 0.3 is 0 Å². The molecule has 1 fully saturated rings. The van der Waals surface area contributed by atoms with Gasteiger partial charge in [0.1, 0.15) is 17.6 Å². The monoisotopic (exact) mass is 452 g/mol. The lowest BCUT2D eigenvalue weighted by molar-refractivity contribution is 0.245. The SMILES string of the molecule is CCOc1c(-c2ccc(OC)c(F)c2)c(-c2ccc(C#N)c(F)c2)nn1C1CCCC(N)C1. The van der Waals surface area contributed by atoms with Gasteiger partial charge in [-0.2, -0.15) is 10.4 Å². The Hall–Kier alpha value is -3.44. The maximum Gasteiger partial charge on any atom is 0.220 e. The first kappa shape index (κ1) is 22.7. The predicted molar refractivity (Wildman–Crippen MR) is 121 cm³/mol. The van der Waals surface area contributed by atoms with Crippen LogP contribution in [0, 0.1) is 23.0 Å². The lowest BCUT2D eigenvalue weighted by Gasteiger charge is -2.28. The van der Waals surface area contributed by atoms with Gasteiger partial charge in [-0.25, -0.2) is 13.5 Å². The molecule has 6 nitrogen and oxygen atoms in total. The summed E-state index contributed by atoms with van der Waals surface area (Å²) in [6, 6.07) is 10.8. The molecule has 2 aromatic carbocycles. The van der Waals surface area contributed by atoms with Gasteiger partial charge in [0.2, 0.25) is 5.88 Å². The van der Waals surface area contributed by atoms with E-state index in [9.17, 15) is 8.78 Å². The van der Waals surface area contributed by atoms with E-state index in [4.69, 9.17) is 25.6 Å². The summed E-state index contributed by atoms with van der Waals surface area (Å²) in [5.74, 6) is -0.565. The minimum atomic E-state index is -0.644. The van der Waals surface area contributed by atoms with E-state index in [1.54, 1.807) is 12.1 Å². The summed E-state index contributed by atoms with van der Waals surface area (Å²) < 4.78 is 42.1. The van der Waals surface area contributed by atoms with Crippen molar-refractivity contribution in [2.24, 2.45) is 5.73 Å². The molecule has 0 aliphatic heterocycles.